The van der Waals surface area contributed by atoms with Crippen molar-refractivity contribution in [2.24, 2.45) is 0 Å². The van der Waals surface area contributed by atoms with E-state index < -0.39 is 8.07 Å². The van der Waals surface area contributed by atoms with E-state index in [1.54, 1.807) is 6.04 Å². The van der Waals surface area contributed by atoms with Crippen molar-refractivity contribution >= 4 is 8.07 Å². The van der Waals surface area contributed by atoms with Crippen LogP contribution in [0.25, 0.3) is 0 Å². The van der Waals surface area contributed by atoms with Gasteiger partial charge in [0.1, 0.15) is 0 Å². The largest absolute Gasteiger partial charge is 2.00 e. The first-order valence-electron chi connectivity index (χ1n) is 5.08. The predicted octanol–water partition coefficient (Wildman–Crippen LogP) is 0.865. The van der Waals surface area contributed by atoms with Crippen LogP contribution < -0.4 is 24.0 Å². The molecule has 0 aromatic rings. The molecule has 1 rings (SSSR count). The minimum Gasteiger partial charge on any atom is -1.00 e. The molecule has 3 heteroatoms. The molecule has 1 aliphatic rings. The summed E-state index contributed by atoms with van der Waals surface area (Å²) in [4.78, 5) is 0. The molecule has 0 nitrogen and oxygen atoms in total. The van der Waals surface area contributed by atoms with Gasteiger partial charge in [0.15, 0.2) is 0 Å². The number of hydrogen-bond donors (Lipinski definition) is 0. The van der Waals surface area contributed by atoms with Crippen LogP contribution in [0.2, 0.25) is 23.7 Å². The summed E-state index contributed by atoms with van der Waals surface area (Å²) in [6.07, 6.45) is 4.22. The van der Waals surface area contributed by atoms with E-state index in [2.05, 4.69) is 20.8 Å². The summed E-state index contributed by atoms with van der Waals surface area (Å²) in [5.41, 5.74) is 1.07. The first-order chi connectivity index (χ1) is 5.29. The van der Waals surface area contributed by atoms with Crippen LogP contribution in [0.4, 0.5) is 0 Å². The third-order valence-electron chi connectivity index (χ3n) is 3.85. The van der Waals surface area contributed by atoms with Gasteiger partial charge in [0.05, 0.1) is 8.07 Å². The Kier molecular flexibility index (Phi) is 10.2. The molecule has 13 heavy (non-hydrogen) atoms. The molecule has 0 spiro atoms. The smallest absolute Gasteiger partial charge is 1.00 e. The van der Waals surface area contributed by atoms with Crippen LogP contribution in [0.5, 0.6) is 0 Å². The molecule has 0 amide bonds. The average Bonchev–Trinajstić information content (AvgIpc) is 2.47. The van der Waals surface area contributed by atoms with Crippen LogP contribution in [-0.2, 0) is 19.5 Å². The summed E-state index contributed by atoms with van der Waals surface area (Å²) in [7, 11) is -0.772. The van der Waals surface area contributed by atoms with Gasteiger partial charge in [0, 0.05) is 0 Å². The Labute approximate surface area is 114 Å². The Morgan fingerprint density at radius 2 is 1.85 bits per heavy atom. The van der Waals surface area contributed by atoms with Crippen molar-refractivity contribution < 1.29 is 43.5 Å². The van der Waals surface area contributed by atoms with E-state index in [0.717, 1.165) is 5.54 Å². The van der Waals surface area contributed by atoms with Gasteiger partial charge in [0.25, 0.3) is 0 Å². The second-order valence-electron chi connectivity index (χ2n) is 3.95. The second kappa shape index (κ2) is 7.81. The van der Waals surface area contributed by atoms with E-state index in [-0.39, 0.29) is 43.5 Å². The van der Waals surface area contributed by atoms with Crippen molar-refractivity contribution in [1.29, 1.82) is 0 Å². The zero-order chi connectivity index (χ0) is 8.32. The molecule has 0 aliphatic carbocycles. The standard InChI is InChI=1S/C10H21Si.HI.Zn/c1-4-10-8-7-9-11(10,5-2)6-3;;/h10H,1,4-9H2,2-3H3;1H;/q-1;;+2/p-1. The number of halogens is 1. The van der Waals surface area contributed by atoms with Gasteiger partial charge in [-0.15, -0.1) is 0 Å². The summed E-state index contributed by atoms with van der Waals surface area (Å²) in [6.45, 7) is 8.91. The third kappa shape index (κ3) is 3.57. The van der Waals surface area contributed by atoms with Gasteiger partial charge < -0.3 is 30.9 Å². The van der Waals surface area contributed by atoms with Gasteiger partial charge in [-0.1, -0.05) is 50.4 Å². The minimum absolute atomic E-state index is 0. The topological polar surface area (TPSA) is 0 Å². The fourth-order valence-electron chi connectivity index (χ4n) is 2.84. The van der Waals surface area contributed by atoms with E-state index >= 15 is 0 Å². The van der Waals surface area contributed by atoms with Gasteiger partial charge in [-0.2, -0.15) is 6.42 Å². The maximum Gasteiger partial charge on any atom is 2.00 e. The van der Waals surface area contributed by atoms with Crippen LogP contribution in [0, 0.1) is 6.92 Å². The molecular formula is C10H21ISiZn. The molecule has 1 atom stereocenters. The Morgan fingerprint density at radius 1 is 1.31 bits per heavy atom. The normalized spacial score (nSPS) is 24.7. The van der Waals surface area contributed by atoms with Gasteiger partial charge in [-0.25, -0.2) is 0 Å². The van der Waals surface area contributed by atoms with E-state index in [9.17, 15) is 0 Å². The molecule has 1 aliphatic heterocycles. The Bertz CT molecular complexity index is 126. The van der Waals surface area contributed by atoms with Crippen molar-refractivity contribution in [3.05, 3.63) is 6.92 Å². The van der Waals surface area contributed by atoms with Crippen molar-refractivity contribution in [1.82, 2.24) is 0 Å². The van der Waals surface area contributed by atoms with Gasteiger partial charge in [0.2, 0.25) is 0 Å². The third-order valence-corrected chi connectivity index (χ3v) is 10.3. The van der Waals surface area contributed by atoms with Gasteiger partial charge >= 0.3 is 19.5 Å². The molecule has 1 saturated heterocycles. The second-order valence-corrected chi connectivity index (χ2v) is 9.40. The van der Waals surface area contributed by atoms with Crippen LogP contribution in [-0.4, -0.2) is 8.07 Å². The monoisotopic (exact) mass is 360 g/mol. The molecule has 0 aromatic carbocycles. The van der Waals surface area contributed by atoms with Gasteiger partial charge in [-0.05, 0) is 0 Å². The SMILES string of the molecule is [CH2-]CC1CCC[Si]1(CC)CC.[I-].[Zn+2]. The molecule has 1 fully saturated rings. The van der Waals surface area contributed by atoms with Crippen molar-refractivity contribution in [3.8, 4) is 0 Å². The molecule has 0 saturated carbocycles. The first-order valence-corrected chi connectivity index (χ1v) is 7.78. The van der Waals surface area contributed by atoms with Crippen LogP contribution in [0.15, 0.2) is 0 Å². The summed E-state index contributed by atoms with van der Waals surface area (Å²) in [5, 5.41) is 0. The van der Waals surface area contributed by atoms with E-state index in [0.29, 0.717) is 0 Å². The summed E-state index contributed by atoms with van der Waals surface area (Å²) < 4.78 is 0. The van der Waals surface area contributed by atoms with E-state index in [4.69, 9.17) is 0 Å². The maximum absolute atomic E-state index is 4.09. The molecule has 0 bridgehead atoms. The molecule has 0 radical (unpaired) electrons. The fourth-order valence-corrected chi connectivity index (χ4v) is 7.95. The molecule has 0 aromatic heterocycles. The Morgan fingerprint density at radius 3 is 2.15 bits per heavy atom. The zero-order valence-corrected chi connectivity index (χ0v) is 15.2. The zero-order valence-electron chi connectivity index (χ0n) is 9.11. The van der Waals surface area contributed by atoms with Crippen molar-refractivity contribution in [2.45, 2.75) is 56.8 Å². The van der Waals surface area contributed by atoms with Gasteiger partial charge in [-0.3, -0.25) is 0 Å². The van der Waals surface area contributed by atoms with Crippen LogP contribution in [0.1, 0.15) is 33.1 Å². The van der Waals surface area contributed by atoms with Crippen LogP contribution in [0.3, 0.4) is 0 Å². The Balaban J connectivity index is 0. The van der Waals surface area contributed by atoms with Crippen molar-refractivity contribution in [2.75, 3.05) is 0 Å². The Hall–Kier alpha value is 1.57. The quantitative estimate of drug-likeness (QED) is 0.397. The summed E-state index contributed by atoms with van der Waals surface area (Å²) >= 11 is 0. The molecule has 1 heterocycles. The minimum atomic E-state index is -0.772. The fraction of sp³-hybridized carbons (Fsp3) is 0.900. The average molecular weight is 362 g/mol. The van der Waals surface area contributed by atoms with Crippen molar-refractivity contribution in [3.63, 3.8) is 0 Å². The number of hydrogen-bond acceptors (Lipinski definition) is 0. The molecule has 74 valence electrons. The molecule has 1 unspecified atom stereocenters. The summed E-state index contributed by atoms with van der Waals surface area (Å²) in [6, 6.07) is 4.60. The molecular weight excluding hydrogens is 340 g/mol. The maximum atomic E-state index is 4.09. The number of rotatable bonds is 3. The van der Waals surface area contributed by atoms with Crippen LogP contribution >= 0.6 is 0 Å². The molecule has 0 N–H and O–H groups in total. The predicted molar refractivity (Wildman–Crippen MR) is 54.5 cm³/mol. The van der Waals surface area contributed by atoms with E-state index in [1.807, 2.05) is 0 Å². The van der Waals surface area contributed by atoms with E-state index in [1.165, 1.54) is 31.4 Å². The summed E-state index contributed by atoms with van der Waals surface area (Å²) in [5.74, 6) is 0. The first kappa shape index (κ1) is 17.0.